The largest absolute Gasteiger partial charge is 0.457 e. The zero-order valence-electron chi connectivity index (χ0n) is 16.5. The number of pyridine rings is 1. The van der Waals surface area contributed by atoms with Crippen LogP contribution in [0.3, 0.4) is 0 Å². The number of fused-ring (bicyclic) bond motifs is 3. The maximum absolute atomic E-state index is 7.71. The van der Waals surface area contributed by atoms with Gasteiger partial charge < -0.3 is 4.42 Å². The van der Waals surface area contributed by atoms with E-state index >= 15 is 0 Å². The van der Waals surface area contributed by atoms with Crippen molar-refractivity contribution in [3.63, 3.8) is 0 Å². The quantitative estimate of drug-likeness (QED) is 0.508. The molecule has 0 saturated carbocycles. The first-order chi connectivity index (χ1) is 12.3. The molecule has 0 radical (unpaired) electrons. The zero-order valence-corrected chi connectivity index (χ0v) is 13.5. The van der Waals surface area contributed by atoms with E-state index in [4.69, 9.17) is 8.53 Å². The monoisotopic (exact) mass is 306 g/mol. The number of rotatable bonds is 1. The van der Waals surface area contributed by atoms with Crippen LogP contribution < -0.4 is 14.8 Å². The predicted octanol–water partition coefficient (Wildman–Crippen LogP) is 3.19. The molecular formula is C19H20BN2O+. The highest BCUT2D eigenvalue weighted by Gasteiger charge is 2.37. The van der Waals surface area contributed by atoms with Gasteiger partial charge in [-0.3, -0.25) is 4.81 Å². The lowest BCUT2D eigenvalue weighted by molar-refractivity contribution is -0.658. The van der Waals surface area contributed by atoms with Gasteiger partial charge in [-0.05, 0) is 37.8 Å². The summed E-state index contributed by atoms with van der Waals surface area (Å²) in [5.41, 5.74) is 3.18. The third kappa shape index (κ3) is 2.09. The van der Waals surface area contributed by atoms with Crippen LogP contribution in [0, 0.1) is 13.8 Å². The van der Waals surface area contributed by atoms with Gasteiger partial charge in [0, 0.05) is 27.1 Å². The predicted molar refractivity (Wildman–Crippen MR) is 96.1 cm³/mol. The molecule has 0 spiro atoms. The van der Waals surface area contributed by atoms with Crippen molar-refractivity contribution in [2.45, 2.75) is 20.6 Å². The van der Waals surface area contributed by atoms with Gasteiger partial charge in [0.2, 0.25) is 0 Å². The lowest BCUT2D eigenvalue weighted by Crippen LogP contribution is -2.50. The van der Waals surface area contributed by atoms with Gasteiger partial charge in [-0.15, -0.1) is 0 Å². The van der Waals surface area contributed by atoms with E-state index in [0.29, 0.717) is 5.56 Å². The summed E-state index contributed by atoms with van der Waals surface area (Å²) >= 11 is 0. The standard InChI is InChI=1S/C19H20BN2O/c1-13-11-18(21(4)12-14(13)2)22-10-9-17-19(20(22)3)15-7-5-6-8-16(15)23-17/h5-12H,1-4H3/q+1/i2D3. The molecular weight excluding hydrogens is 283 g/mol. The van der Waals surface area contributed by atoms with Crippen molar-refractivity contribution in [2.24, 2.45) is 7.05 Å². The maximum atomic E-state index is 7.71. The molecule has 0 amide bonds. The Morgan fingerprint density at radius 3 is 2.91 bits per heavy atom. The Hall–Kier alpha value is -2.49. The van der Waals surface area contributed by atoms with Crippen LogP contribution in [0.15, 0.2) is 47.1 Å². The first-order valence-electron chi connectivity index (χ1n) is 9.26. The Balaban J connectivity index is 1.82. The molecule has 4 rings (SSSR count). The average Bonchev–Trinajstić information content (AvgIpc) is 2.95. The van der Waals surface area contributed by atoms with E-state index in [9.17, 15) is 0 Å². The summed E-state index contributed by atoms with van der Waals surface area (Å²) < 4.78 is 31.0. The summed E-state index contributed by atoms with van der Waals surface area (Å²) in [6.45, 7) is 1.94. The second kappa shape index (κ2) is 5.02. The summed E-state index contributed by atoms with van der Waals surface area (Å²) in [6.07, 6.45) is 5.68. The molecule has 0 aliphatic carbocycles. The maximum Gasteiger partial charge on any atom is 0.413 e. The number of anilines is 1. The van der Waals surface area contributed by atoms with E-state index < -0.39 is 6.85 Å². The van der Waals surface area contributed by atoms with E-state index in [1.54, 1.807) is 6.20 Å². The number of nitrogens with zero attached hydrogens (tertiary/aromatic N) is 2. The van der Waals surface area contributed by atoms with Gasteiger partial charge in [-0.2, -0.15) is 0 Å². The van der Waals surface area contributed by atoms with E-state index in [-0.39, 0.29) is 6.85 Å². The van der Waals surface area contributed by atoms with Crippen molar-refractivity contribution in [2.75, 3.05) is 4.81 Å². The third-order valence-corrected chi connectivity index (χ3v) is 4.60. The molecule has 3 nitrogen and oxygen atoms in total. The lowest BCUT2D eigenvalue weighted by Gasteiger charge is -2.22. The molecule has 2 aromatic heterocycles. The highest BCUT2D eigenvalue weighted by molar-refractivity contribution is 6.79. The Labute approximate surface area is 141 Å². The highest BCUT2D eigenvalue weighted by atomic mass is 16.3. The molecule has 0 saturated heterocycles. The molecule has 0 unspecified atom stereocenters. The Bertz CT molecular complexity index is 1040. The normalized spacial score (nSPS) is 16.2. The van der Waals surface area contributed by atoms with Crippen molar-refractivity contribution in [3.05, 3.63) is 59.6 Å². The molecule has 1 aliphatic heterocycles. The first kappa shape index (κ1) is 11.1. The zero-order chi connectivity index (χ0) is 18.6. The summed E-state index contributed by atoms with van der Waals surface area (Å²) in [6, 6.07) is 9.99. The number of furan rings is 1. The highest BCUT2D eigenvalue weighted by Crippen LogP contribution is 2.25. The molecule has 23 heavy (non-hydrogen) atoms. The van der Waals surface area contributed by atoms with Crippen LogP contribution in [-0.4, -0.2) is 6.85 Å². The summed E-state index contributed by atoms with van der Waals surface area (Å²) in [5, 5.41) is 1.11. The minimum absolute atomic E-state index is 0.0721. The fraction of sp³-hybridized carbons (Fsp3) is 0.211. The van der Waals surface area contributed by atoms with Crippen LogP contribution in [0.5, 0.6) is 0 Å². The van der Waals surface area contributed by atoms with Crippen LogP contribution >= 0.6 is 0 Å². The molecule has 0 atom stereocenters. The second-order valence-electron chi connectivity index (χ2n) is 6.11. The topological polar surface area (TPSA) is 20.3 Å². The molecule has 1 aliphatic rings. The van der Waals surface area contributed by atoms with Crippen LogP contribution in [0.1, 0.15) is 21.0 Å². The summed E-state index contributed by atoms with van der Waals surface area (Å²) in [7, 11) is 1.88. The van der Waals surface area contributed by atoms with Crippen molar-refractivity contribution < 1.29 is 13.1 Å². The van der Waals surface area contributed by atoms with E-state index in [1.165, 1.54) is 0 Å². The minimum atomic E-state index is -2.11. The molecule has 0 fully saturated rings. The Kier molecular flexibility index (Phi) is 2.42. The van der Waals surface area contributed by atoms with E-state index in [2.05, 4.69) is 17.7 Å². The van der Waals surface area contributed by atoms with Crippen molar-refractivity contribution in [3.8, 4) is 0 Å². The van der Waals surface area contributed by atoms with Crippen molar-refractivity contribution in [1.82, 2.24) is 0 Å². The average molecular weight is 306 g/mol. The van der Waals surface area contributed by atoms with Gasteiger partial charge >= 0.3 is 6.85 Å². The minimum Gasteiger partial charge on any atom is -0.457 e. The smallest absolute Gasteiger partial charge is 0.413 e. The van der Waals surface area contributed by atoms with Crippen LogP contribution in [0.25, 0.3) is 17.0 Å². The van der Waals surface area contributed by atoms with Gasteiger partial charge in [-0.25, -0.2) is 4.57 Å². The molecule has 4 heteroatoms. The van der Waals surface area contributed by atoms with E-state index in [0.717, 1.165) is 33.6 Å². The third-order valence-electron chi connectivity index (χ3n) is 4.60. The van der Waals surface area contributed by atoms with Crippen molar-refractivity contribution in [1.29, 1.82) is 0 Å². The molecule has 114 valence electrons. The Morgan fingerprint density at radius 2 is 2.09 bits per heavy atom. The molecule has 3 heterocycles. The fourth-order valence-electron chi connectivity index (χ4n) is 3.32. The van der Waals surface area contributed by atoms with Gasteiger partial charge in [0.05, 0.1) is 19.4 Å². The number of hydrogen-bond donors (Lipinski definition) is 0. The van der Waals surface area contributed by atoms with Gasteiger partial charge in [0.1, 0.15) is 11.3 Å². The first-order valence-corrected chi connectivity index (χ1v) is 7.76. The summed E-state index contributed by atoms with van der Waals surface area (Å²) in [5.74, 6) is 1.82. The lowest BCUT2D eigenvalue weighted by atomic mass is 9.54. The SMILES string of the molecule is [2H]C([2H])([2H])c1c[n+](C)c(N2C=Cc3oc4ccccc4c3B2C)cc1C. The van der Waals surface area contributed by atoms with E-state index in [1.807, 2.05) is 55.1 Å². The second-order valence-corrected chi connectivity index (χ2v) is 6.11. The van der Waals surface area contributed by atoms with Gasteiger partial charge in [-0.1, -0.05) is 18.2 Å². The van der Waals surface area contributed by atoms with Crippen molar-refractivity contribution >= 4 is 35.2 Å². The van der Waals surface area contributed by atoms with Crippen LogP contribution in [0.4, 0.5) is 5.82 Å². The fourth-order valence-corrected chi connectivity index (χ4v) is 3.32. The number of para-hydroxylation sites is 1. The molecule has 3 aromatic rings. The Morgan fingerprint density at radius 1 is 1.26 bits per heavy atom. The van der Waals surface area contributed by atoms with Crippen LogP contribution in [0.2, 0.25) is 6.82 Å². The summed E-state index contributed by atoms with van der Waals surface area (Å²) in [4.78, 5) is 2.15. The van der Waals surface area contributed by atoms with Crippen LogP contribution in [-0.2, 0) is 7.05 Å². The molecule has 1 aromatic carbocycles. The number of aromatic nitrogens is 1. The molecule has 0 N–H and O–H groups in total. The molecule has 0 bridgehead atoms. The van der Waals surface area contributed by atoms with Gasteiger partial charge in [0.15, 0.2) is 0 Å². The number of hydrogen-bond acceptors (Lipinski definition) is 2. The number of aryl methyl sites for hydroxylation is 3. The van der Waals surface area contributed by atoms with Gasteiger partial charge in [0.25, 0.3) is 5.82 Å². The number of benzene rings is 1.